The van der Waals surface area contributed by atoms with Crippen LogP contribution in [0.25, 0.3) is 56.3 Å². The average molecular weight is 629 g/mol. The standard InChI is InChI=1S/C44H40.2C2H6/c1-5-34(36-25-15-19-31-16-9-10-20-35(31)36)42(29(2)3)41-28-33(27-26-30(41)4)44-39-23-13-11-21-37(39)43(32-17-7-6-8-18-32)38-22-12-14-24-40(38)44;2*1-2/h5-8,10-11,13-15,17-21,23-28H,9,12,16,22H2,1-4H3;2*1-2H3/b34-5-;;. The molecule has 7 rings (SSSR count). The largest absolute Gasteiger partial charge is 0.0836 e. The zero-order chi connectivity index (χ0) is 34.2. The van der Waals surface area contributed by atoms with Crippen LogP contribution in [0.3, 0.4) is 0 Å². The van der Waals surface area contributed by atoms with Crippen molar-refractivity contribution in [1.82, 2.24) is 0 Å². The van der Waals surface area contributed by atoms with Gasteiger partial charge in [0.25, 0.3) is 0 Å². The minimum absolute atomic E-state index is 1.06. The van der Waals surface area contributed by atoms with Crippen molar-refractivity contribution in [2.24, 2.45) is 0 Å². The van der Waals surface area contributed by atoms with Gasteiger partial charge in [-0.05, 0) is 143 Å². The Morgan fingerprint density at radius 2 is 1.25 bits per heavy atom. The number of hydrogen-bond acceptors (Lipinski definition) is 0. The van der Waals surface area contributed by atoms with Gasteiger partial charge in [-0.25, -0.2) is 0 Å². The van der Waals surface area contributed by atoms with Gasteiger partial charge in [0.2, 0.25) is 0 Å². The molecule has 0 unspecified atom stereocenters. The zero-order valence-corrected chi connectivity index (χ0v) is 30.4. The van der Waals surface area contributed by atoms with Crippen molar-refractivity contribution in [2.45, 2.75) is 81.1 Å². The van der Waals surface area contributed by atoms with Crippen molar-refractivity contribution < 1.29 is 0 Å². The van der Waals surface area contributed by atoms with Crippen LogP contribution in [0.15, 0.2) is 115 Å². The first-order valence-electron chi connectivity index (χ1n) is 18.1. The lowest BCUT2D eigenvalue weighted by Crippen LogP contribution is -2.04. The van der Waals surface area contributed by atoms with E-state index in [1.54, 1.807) is 0 Å². The van der Waals surface area contributed by atoms with Gasteiger partial charge in [0.15, 0.2) is 0 Å². The van der Waals surface area contributed by atoms with Crippen LogP contribution in [0, 0.1) is 6.92 Å². The molecule has 0 heterocycles. The summed E-state index contributed by atoms with van der Waals surface area (Å²) in [5, 5.41) is 2.66. The number of allylic oxidation sites excluding steroid dienone is 6. The maximum Gasteiger partial charge on any atom is -0.00295 e. The fraction of sp³-hybridized carbons (Fsp3) is 0.250. The van der Waals surface area contributed by atoms with E-state index in [1.807, 2.05) is 27.7 Å². The van der Waals surface area contributed by atoms with Crippen LogP contribution >= 0.6 is 0 Å². The molecule has 0 saturated heterocycles. The van der Waals surface area contributed by atoms with Gasteiger partial charge in [-0.1, -0.05) is 149 Å². The third-order valence-electron chi connectivity index (χ3n) is 9.48. The second-order valence-electron chi connectivity index (χ2n) is 12.4. The summed E-state index contributed by atoms with van der Waals surface area (Å²) in [6.07, 6.45) is 16.1. The highest BCUT2D eigenvalue weighted by Crippen LogP contribution is 2.46. The Morgan fingerprint density at radius 1 is 0.604 bits per heavy atom. The highest BCUT2D eigenvalue weighted by molar-refractivity contribution is 6.12. The smallest absolute Gasteiger partial charge is 0.00295 e. The summed E-state index contributed by atoms with van der Waals surface area (Å²) in [7, 11) is 0. The Hall–Kier alpha value is -4.68. The Labute approximate surface area is 290 Å². The summed E-state index contributed by atoms with van der Waals surface area (Å²) in [6, 6.07) is 34.0. The third-order valence-corrected chi connectivity index (χ3v) is 9.48. The number of benzene rings is 5. The molecule has 2 aliphatic rings. The fourth-order valence-corrected chi connectivity index (χ4v) is 7.50. The van der Waals surface area contributed by atoms with Crippen LogP contribution in [-0.2, 0) is 12.8 Å². The third kappa shape index (κ3) is 6.54. The Bertz CT molecular complexity index is 2020. The van der Waals surface area contributed by atoms with E-state index in [2.05, 4.69) is 149 Å². The van der Waals surface area contributed by atoms with E-state index in [1.165, 1.54) is 88.7 Å². The summed E-state index contributed by atoms with van der Waals surface area (Å²) >= 11 is 0. The minimum Gasteiger partial charge on any atom is -0.0836 e. The fourth-order valence-electron chi connectivity index (χ4n) is 7.50. The van der Waals surface area contributed by atoms with E-state index >= 15 is 0 Å². The molecule has 0 bridgehead atoms. The van der Waals surface area contributed by atoms with Crippen molar-refractivity contribution >= 4 is 34.1 Å². The van der Waals surface area contributed by atoms with E-state index in [9.17, 15) is 0 Å². The zero-order valence-electron chi connectivity index (χ0n) is 30.4. The maximum absolute atomic E-state index is 2.47. The molecule has 5 aromatic rings. The molecular formula is C48H52. The normalized spacial score (nSPS) is 13.0. The molecular weight excluding hydrogens is 577 g/mol. The second-order valence-corrected chi connectivity index (χ2v) is 12.4. The predicted octanol–water partition coefficient (Wildman–Crippen LogP) is 14.4. The molecule has 48 heavy (non-hydrogen) atoms. The van der Waals surface area contributed by atoms with Crippen molar-refractivity contribution in [3.63, 3.8) is 0 Å². The van der Waals surface area contributed by atoms with Gasteiger partial charge >= 0.3 is 0 Å². The summed E-state index contributed by atoms with van der Waals surface area (Å²) in [5.41, 5.74) is 18.9. The molecule has 0 aromatic heterocycles. The van der Waals surface area contributed by atoms with E-state index in [-0.39, 0.29) is 0 Å². The first-order valence-corrected chi connectivity index (χ1v) is 18.1. The number of rotatable bonds is 5. The number of aryl methyl sites for hydroxylation is 2. The number of fused-ring (bicyclic) bond motifs is 3. The van der Waals surface area contributed by atoms with Crippen LogP contribution < -0.4 is 0 Å². The summed E-state index contributed by atoms with van der Waals surface area (Å²) in [6.45, 7) is 17.0. The Balaban J connectivity index is 0.00000109. The SMILES string of the molecule is C/C=C(\C(=C(C)C)c1cc(-c2c3c(c(-c4ccccc4)c4ccccc24)CCC=C3)ccc1C)c1cccc2c1C=CCC2.CC.CC. The minimum atomic E-state index is 1.06. The van der Waals surface area contributed by atoms with Gasteiger partial charge in [-0.2, -0.15) is 0 Å². The highest BCUT2D eigenvalue weighted by atomic mass is 14.3. The molecule has 0 saturated carbocycles. The van der Waals surface area contributed by atoms with Crippen LogP contribution in [0.1, 0.15) is 100 Å². The number of hydrogen-bond donors (Lipinski definition) is 0. The van der Waals surface area contributed by atoms with E-state index < -0.39 is 0 Å². The van der Waals surface area contributed by atoms with Gasteiger partial charge in [0.05, 0.1) is 0 Å². The van der Waals surface area contributed by atoms with E-state index in [4.69, 9.17) is 0 Å². The molecule has 244 valence electrons. The molecule has 0 fully saturated rings. The van der Waals surface area contributed by atoms with Crippen molar-refractivity contribution in [3.05, 3.63) is 154 Å². The molecule has 0 spiro atoms. The molecule has 0 nitrogen and oxygen atoms in total. The molecule has 0 N–H and O–H groups in total. The lowest BCUT2D eigenvalue weighted by atomic mass is 9.78. The molecule has 5 aromatic carbocycles. The molecule has 0 radical (unpaired) electrons. The van der Waals surface area contributed by atoms with Crippen LogP contribution in [-0.4, -0.2) is 0 Å². The quantitative estimate of drug-likeness (QED) is 0.170. The van der Waals surface area contributed by atoms with Gasteiger partial charge in [-0.3, -0.25) is 0 Å². The maximum atomic E-state index is 2.47. The summed E-state index contributed by atoms with van der Waals surface area (Å²) in [4.78, 5) is 0. The van der Waals surface area contributed by atoms with Gasteiger partial charge in [0, 0.05) is 0 Å². The molecule has 0 atom stereocenters. The molecule has 0 heteroatoms. The van der Waals surface area contributed by atoms with Crippen LogP contribution in [0.4, 0.5) is 0 Å². The second kappa shape index (κ2) is 15.9. The van der Waals surface area contributed by atoms with Crippen LogP contribution in [0.5, 0.6) is 0 Å². The van der Waals surface area contributed by atoms with E-state index in [0.29, 0.717) is 0 Å². The van der Waals surface area contributed by atoms with Gasteiger partial charge in [-0.15, -0.1) is 0 Å². The first kappa shape index (κ1) is 34.6. The lowest BCUT2D eigenvalue weighted by Gasteiger charge is -2.25. The van der Waals surface area contributed by atoms with Gasteiger partial charge in [0.1, 0.15) is 0 Å². The predicted molar refractivity (Wildman–Crippen MR) is 215 cm³/mol. The van der Waals surface area contributed by atoms with Crippen molar-refractivity contribution in [3.8, 4) is 22.3 Å². The topological polar surface area (TPSA) is 0 Å². The Kier molecular flexibility index (Phi) is 11.5. The Morgan fingerprint density at radius 3 is 1.94 bits per heavy atom. The average Bonchev–Trinajstić information content (AvgIpc) is 3.15. The van der Waals surface area contributed by atoms with Gasteiger partial charge < -0.3 is 0 Å². The lowest BCUT2D eigenvalue weighted by molar-refractivity contribution is 0.984. The molecule has 0 amide bonds. The van der Waals surface area contributed by atoms with Crippen LogP contribution in [0.2, 0.25) is 0 Å². The molecule has 0 aliphatic heterocycles. The molecule has 2 aliphatic carbocycles. The summed E-state index contributed by atoms with van der Waals surface area (Å²) < 4.78 is 0. The van der Waals surface area contributed by atoms with Crippen molar-refractivity contribution in [2.75, 3.05) is 0 Å². The van der Waals surface area contributed by atoms with Crippen molar-refractivity contribution in [1.29, 1.82) is 0 Å². The monoisotopic (exact) mass is 628 g/mol. The first-order chi connectivity index (χ1) is 23.6. The van der Waals surface area contributed by atoms with E-state index in [0.717, 1.165) is 25.7 Å². The highest BCUT2D eigenvalue weighted by Gasteiger charge is 2.23. The summed E-state index contributed by atoms with van der Waals surface area (Å²) in [5.74, 6) is 0.